The van der Waals surface area contributed by atoms with Crippen molar-refractivity contribution < 1.29 is 4.74 Å². The fraction of sp³-hybridized carbons (Fsp3) is 0.500. The van der Waals surface area contributed by atoms with Crippen molar-refractivity contribution in [3.8, 4) is 5.75 Å². The van der Waals surface area contributed by atoms with Crippen LogP contribution in [0.3, 0.4) is 0 Å². The van der Waals surface area contributed by atoms with Crippen LogP contribution in [-0.4, -0.2) is 13.2 Å². The van der Waals surface area contributed by atoms with Crippen LogP contribution in [0.2, 0.25) is 0 Å². The Morgan fingerprint density at radius 1 is 1.36 bits per heavy atom. The van der Waals surface area contributed by atoms with Crippen LogP contribution < -0.4 is 10.1 Å². The van der Waals surface area contributed by atoms with Crippen molar-refractivity contribution in [2.45, 2.75) is 26.3 Å². The normalized spacial score (nSPS) is 15.9. The summed E-state index contributed by atoms with van der Waals surface area (Å²) in [5, 5.41) is 3.33. The molecule has 0 unspecified atom stereocenters. The van der Waals surface area contributed by atoms with Crippen LogP contribution in [-0.2, 0) is 6.54 Å². The lowest BCUT2D eigenvalue weighted by Crippen LogP contribution is -2.16. The molecular formula is C12H17NO. The summed E-state index contributed by atoms with van der Waals surface area (Å²) in [5.74, 6) is 1.63. The number of nitrogens with one attached hydrogen (secondary N) is 1. The average Bonchev–Trinajstić information content (AvgIpc) is 2.41. The minimum absolute atomic E-state index is 0.570. The zero-order valence-corrected chi connectivity index (χ0v) is 8.84. The van der Waals surface area contributed by atoms with E-state index in [2.05, 4.69) is 37.4 Å². The molecule has 0 amide bonds. The molecule has 1 aromatic carbocycles. The summed E-state index contributed by atoms with van der Waals surface area (Å²) in [4.78, 5) is 0. The van der Waals surface area contributed by atoms with E-state index in [0.717, 1.165) is 25.4 Å². The molecule has 0 bridgehead atoms. The Labute approximate surface area is 85.3 Å². The van der Waals surface area contributed by atoms with Crippen LogP contribution in [0.1, 0.15) is 30.9 Å². The van der Waals surface area contributed by atoms with Gasteiger partial charge in [-0.15, -0.1) is 0 Å². The number of hydrogen-bond acceptors (Lipinski definition) is 2. The third-order valence-electron chi connectivity index (χ3n) is 2.61. The second-order valence-corrected chi connectivity index (χ2v) is 4.05. The van der Waals surface area contributed by atoms with Crippen molar-refractivity contribution in [1.82, 2.24) is 5.32 Å². The number of hydrogen-bond donors (Lipinski definition) is 1. The van der Waals surface area contributed by atoms with Crippen LogP contribution in [0, 0.1) is 0 Å². The summed E-state index contributed by atoms with van der Waals surface area (Å²) >= 11 is 0. The van der Waals surface area contributed by atoms with Gasteiger partial charge in [0.25, 0.3) is 0 Å². The molecule has 0 aliphatic carbocycles. The van der Waals surface area contributed by atoms with Gasteiger partial charge in [0.15, 0.2) is 0 Å². The molecule has 2 heteroatoms. The van der Waals surface area contributed by atoms with Crippen LogP contribution >= 0.6 is 0 Å². The molecular weight excluding hydrogens is 174 g/mol. The topological polar surface area (TPSA) is 21.3 Å². The summed E-state index contributed by atoms with van der Waals surface area (Å²) in [5.41, 5.74) is 2.62. The molecule has 1 heterocycles. The predicted molar refractivity (Wildman–Crippen MR) is 57.7 cm³/mol. The Kier molecular flexibility index (Phi) is 2.73. The number of ether oxygens (including phenoxy) is 1. The first-order valence-electron chi connectivity index (χ1n) is 5.23. The Bertz CT molecular complexity index is 320. The molecule has 14 heavy (non-hydrogen) atoms. The van der Waals surface area contributed by atoms with Crippen LogP contribution in [0.25, 0.3) is 0 Å². The van der Waals surface area contributed by atoms with Crippen molar-refractivity contribution in [3.63, 3.8) is 0 Å². The van der Waals surface area contributed by atoms with Gasteiger partial charge in [-0.1, -0.05) is 26.0 Å². The molecule has 0 spiro atoms. The van der Waals surface area contributed by atoms with Gasteiger partial charge in [0, 0.05) is 18.7 Å². The van der Waals surface area contributed by atoms with Crippen LogP contribution in [0.15, 0.2) is 18.2 Å². The zero-order valence-electron chi connectivity index (χ0n) is 8.84. The first-order valence-corrected chi connectivity index (χ1v) is 5.23. The highest BCUT2D eigenvalue weighted by molar-refractivity contribution is 5.39. The maximum absolute atomic E-state index is 5.68. The van der Waals surface area contributed by atoms with Crippen molar-refractivity contribution in [1.29, 1.82) is 0 Å². The fourth-order valence-corrected chi connectivity index (χ4v) is 1.67. The second kappa shape index (κ2) is 4.01. The highest BCUT2D eigenvalue weighted by atomic mass is 16.5. The summed E-state index contributed by atoms with van der Waals surface area (Å²) in [7, 11) is 0. The number of benzene rings is 1. The summed E-state index contributed by atoms with van der Waals surface area (Å²) < 4.78 is 5.68. The lowest BCUT2D eigenvalue weighted by atomic mass is 10.0. The van der Waals surface area contributed by atoms with Gasteiger partial charge in [-0.3, -0.25) is 0 Å². The average molecular weight is 191 g/mol. The first-order chi connectivity index (χ1) is 6.77. The van der Waals surface area contributed by atoms with E-state index in [9.17, 15) is 0 Å². The predicted octanol–water partition coefficient (Wildman–Crippen LogP) is 2.29. The van der Waals surface area contributed by atoms with Gasteiger partial charge in [0.1, 0.15) is 12.4 Å². The van der Waals surface area contributed by atoms with E-state index in [1.807, 2.05) is 0 Å². The molecule has 1 aromatic rings. The van der Waals surface area contributed by atoms with E-state index in [0.29, 0.717) is 5.92 Å². The van der Waals surface area contributed by atoms with Crippen molar-refractivity contribution in [2.75, 3.05) is 13.2 Å². The Balaban J connectivity index is 2.32. The van der Waals surface area contributed by atoms with Crippen molar-refractivity contribution in [3.05, 3.63) is 29.3 Å². The lowest BCUT2D eigenvalue weighted by Gasteiger charge is -2.11. The van der Waals surface area contributed by atoms with Gasteiger partial charge in [0.2, 0.25) is 0 Å². The van der Waals surface area contributed by atoms with Crippen LogP contribution in [0.4, 0.5) is 0 Å². The highest BCUT2D eigenvalue weighted by Crippen LogP contribution is 2.25. The molecule has 1 aliphatic heterocycles. The summed E-state index contributed by atoms with van der Waals surface area (Å²) in [6.07, 6.45) is 0. The second-order valence-electron chi connectivity index (χ2n) is 4.05. The Hall–Kier alpha value is -1.02. The molecule has 0 aromatic heterocycles. The fourth-order valence-electron chi connectivity index (χ4n) is 1.67. The molecule has 2 nitrogen and oxygen atoms in total. The largest absolute Gasteiger partial charge is 0.492 e. The molecule has 0 radical (unpaired) electrons. The SMILES string of the molecule is CC(C)c1ccc2c(c1)OCCNC2. The zero-order chi connectivity index (χ0) is 9.97. The molecule has 0 atom stereocenters. The van der Waals surface area contributed by atoms with E-state index in [4.69, 9.17) is 4.74 Å². The minimum Gasteiger partial charge on any atom is -0.492 e. The first kappa shape index (κ1) is 9.53. The van der Waals surface area contributed by atoms with E-state index in [-0.39, 0.29) is 0 Å². The third-order valence-corrected chi connectivity index (χ3v) is 2.61. The maximum Gasteiger partial charge on any atom is 0.124 e. The van der Waals surface area contributed by atoms with Crippen LogP contribution in [0.5, 0.6) is 5.75 Å². The molecule has 1 N–H and O–H groups in total. The van der Waals surface area contributed by atoms with E-state index in [1.54, 1.807) is 0 Å². The van der Waals surface area contributed by atoms with Crippen molar-refractivity contribution >= 4 is 0 Å². The number of rotatable bonds is 1. The van der Waals surface area contributed by atoms with Gasteiger partial charge in [-0.25, -0.2) is 0 Å². The molecule has 0 saturated carbocycles. The molecule has 76 valence electrons. The number of fused-ring (bicyclic) bond motifs is 1. The van der Waals surface area contributed by atoms with E-state index in [1.165, 1.54) is 11.1 Å². The third kappa shape index (κ3) is 1.90. The molecule has 2 rings (SSSR count). The monoisotopic (exact) mass is 191 g/mol. The summed E-state index contributed by atoms with van der Waals surface area (Å²) in [6.45, 7) is 7.04. The molecule has 0 saturated heterocycles. The van der Waals surface area contributed by atoms with Gasteiger partial charge in [0.05, 0.1) is 0 Å². The van der Waals surface area contributed by atoms with Gasteiger partial charge < -0.3 is 10.1 Å². The standard InChI is InChI=1S/C12H17NO/c1-9(2)10-3-4-11-8-13-5-6-14-12(11)7-10/h3-4,7,9,13H,5-6,8H2,1-2H3. The molecule has 0 fully saturated rings. The molecule has 1 aliphatic rings. The smallest absolute Gasteiger partial charge is 0.124 e. The van der Waals surface area contributed by atoms with Gasteiger partial charge in [-0.2, -0.15) is 0 Å². The Morgan fingerprint density at radius 3 is 3.00 bits per heavy atom. The Morgan fingerprint density at radius 2 is 2.21 bits per heavy atom. The lowest BCUT2D eigenvalue weighted by molar-refractivity contribution is 0.325. The quantitative estimate of drug-likeness (QED) is 0.735. The summed E-state index contributed by atoms with van der Waals surface area (Å²) in [6, 6.07) is 6.54. The van der Waals surface area contributed by atoms with Gasteiger partial charge in [-0.05, 0) is 17.5 Å². The van der Waals surface area contributed by atoms with Crippen molar-refractivity contribution in [2.24, 2.45) is 0 Å². The maximum atomic E-state index is 5.68. The van der Waals surface area contributed by atoms with Gasteiger partial charge >= 0.3 is 0 Å². The minimum atomic E-state index is 0.570. The van der Waals surface area contributed by atoms with E-state index < -0.39 is 0 Å². The van der Waals surface area contributed by atoms with E-state index >= 15 is 0 Å². The highest BCUT2D eigenvalue weighted by Gasteiger charge is 2.09.